The van der Waals surface area contributed by atoms with Gasteiger partial charge in [-0.25, -0.2) is 4.83 Å². The normalized spacial score (nSPS) is 21.8. The molecule has 0 aliphatic heterocycles. The van der Waals surface area contributed by atoms with Gasteiger partial charge in [0.25, 0.3) is 10.0 Å². The van der Waals surface area contributed by atoms with Gasteiger partial charge in [-0.1, -0.05) is 39.8 Å². The van der Waals surface area contributed by atoms with Crippen LogP contribution >= 0.6 is 0 Å². The first-order valence-electron chi connectivity index (χ1n) is 7.86. The van der Waals surface area contributed by atoms with Crippen LogP contribution in [0.3, 0.4) is 0 Å². The Morgan fingerprint density at radius 3 is 2.36 bits per heavy atom. The first-order valence-corrected chi connectivity index (χ1v) is 9.34. The summed E-state index contributed by atoms with van der Waals surface area (Å²) in [5, 5.41) is 4.13. The molecule has 1 N–H and O–H groups in total. The maximum atomic E-state index is 12.3. The van der Waals surface area contributed by atoms with Gasteiger partial charge in [-0.2, -0.15) is 13.5 Å². The standard InChI is InChI=1S/C17H26N2O2S/c1-13-6-5-7-15(12-13)18-19-22(20,21)16-10-8-14(9-11-16)17(2,3)4/h8-11,13,19H,5-7,12H2,1-4H3/b18-15-. The Morgan fingerprint density at radius 1 is 1.18 bits per heavy atom. The van der Waals surface area contributed by atoms with Crippen molar-refractivity contribution in [1.29, 1.82) is 0 Å². The molecule has 5 heteroatoms. The minimum atomic E-state index is -3.58. The Bertz CT molecular complexity index is 640. The number of nitrogens with zero attached hydrogens (tertiary/aromatic N) is 1. The van der Waals surface area contributed by atoms with Gasteiger partial charge >= 0.3 is 0 Å². The molecule has 1 unspecified atom stereocenters. The van der Waals surface area contributed by atoms with Crippen LogP contribution in [0, 0.1) is 5.92 Å². The third-order valence-corrected chi connectivity index (χ3v) is 5.33. The van der Waals surface area contributed by atoms with Gasteiger partial charge in [0.05, 0.1) is 4.90 Å². The average Bonchev–Trinajstić information content (AvgIpc) is 2.45. The molecule has 122 valence electrons. The van der Waals surface area contributed by atoms with Gasteiger partial charge < -0.3 is 0 Å². The highest BCUT2D eigenvalue weighted by atomic mass is 32.2. The molecule has 1 saturated carbocycles. The Labute approximate surface area is 134 Å². The third-order valence-electron chi connectivity index (χ3n) is 4.10. The van der Waals surface area contributed by atoms with Crippen molar-refractivity contribution in [3.05, 3.63) is 29.8 Å². The van der Waals surface area contributed by atoms with E-state index in [1.54, 1.807) is 12.1 Å². The van der Waals surface area contributed by atoms with Crippen molar-refractivity contribution in [1.82, 2.24) is 4.83 Å². The molecule has 0 bridgehead atoms. The van der Waals surface area contributed by atoms with E-state index < -0.39 is 10.0 Å². The lowest BCUT2D eigenvalue weighted by atomic mass is 9.87. The van der Waals surface area contributed by atoms with Gasteiger partial charge in [0, 0.05) is 5.71 Å². The van der Waals surface area contributed by atoms with E-state index in [2.05, 4.69) is 37.6 Å². The molecule has 0 radical (unpaired) electrons. The van der Waals surface area contributed by atoms with E-state index >= 15 is 0 Å². The van der Waals surface area contributed by atoms with E-state index in [4.69, 9.17) is 0 Å². The molecule has 0 aromatic heterocycles. The van der Waals surface area contributed by atoms with E-state index in [9.17, 15) is 8.42 Å². The first kappa shape index (κ1) is 17.0. The molecule has 22 heavy (non-hydrogen) atoms. The van der Waals surface area contributed by atoms with Crippen molar-refractivity contribution in [3.63, 3.8) is 0 Å². The van der Waals surface area contributed by atoms with Gasteiger partial charge in [-0.15, -0.1) is 0 Å². The van der Waals surface area contributed by atoms with E-state index in [0.29, 0.717) is 5.92 Å². The van der Waals surface area contributed by atoms with Gasteiger partial charge in [-0.3, -0.25) is 0 Å². The summed E-state index contributed by atoms with van der Waals surface area (Å²) in [5.41, 5.74) is 2.07. The molecule has 0 heterocycles. The quantitative estimate of drug-likeness (QED) is 0.860. The summed E-state index contributed by atoms with van der Waals surface area (Å²) < 4.78 is 24.6. The number of hydrogen-bond donors (Lipinski definition) is 1. The lowest BCUT2D eigenvalue weighted by Gasteiger charge is -2.20. The average molecular weight is 322 g/mol. The number of hydrazone groups is 1. The molecular weight excluding hydrogens is 296 g/mol. The lowest BCUT2D eigenvalue weighted by molar-refractivity contribution is 0.498. The third kappa shape index (κ3) is 4.32. The number of sulfonamides is 1. The van der Waals surface area contributed by atoms with Crippen LogP contribution in [-0.4, -0.2) is 14.1 Å². The Hall–Kier alpha value is -1.36. The van der Waals surface area contributed by atoms with Crippen molar-refractivity contribution < 1.29 is 8.42 Å². The molecule has 1 aliphatic carbocycles. The fraction of sp³-hybridized carbons (Fsp3) is 0.588. The highest BCUT2D eigenvalue weighted by Crippen LogP contribution is 2.24. The lowest BCUT2D eigenvalue weighted by Crippen LogP contribution is -2.22. The maximum absolute atomic E-state index is 12.3. The summed E-state index contributed by atoms with van der Waals surface area (Å²) in [6.45, 7) is 8.48. The summed E-state index contributed by atoms with van der Waals surface area (Å²) >= 11 is 0. The van der Waals surface area contributed by atoms with Crippen LogP contribution in [0.2, 0.25) is 0 Å². The largest absolute Gasteiger partial charge is 0.276 e. The molecule has 1 aliphatic rings. The van der Waals surface area contributed by atoms with Crippen LogP contribution in [0.25, 0.3) is 0 Å². The Balaban J connectivity index is 2.12. The zero-order valence-electron chi connectivity index (χ0n) is 13.9. The summed E-state index contributed by atoms with van der Waals surface area (Å²) in [6.07, 6.45) is 4.04. The molecule has 1 fully saturated rings. The molecule has 1 atom stereocenters. The van der Waals surface area contributed by atoms with Crippen molar-refractivity contribution in [2.45, 2.75) is 63.7 Å². The number of hydrogen-bond acceptors (Lipinski definition) is 3. The molecule has 2 rings (SSSR count). The van der Waals surface area contributed by atoms with Crippen molar-refractivity contribution >= 4 is 15.7 Å². The highest BCUT2D eigenvalue weighted by Gasteiger charge is 2.18. The fourth-order valence-corrected chi connectivity index (χ4v) is 3.52. The predicted octanol–water partition coefficient (Wildman–Crippen LogP) is 3.83. The van der Waals surface area contributed by atoms with Crippen LogP contribution in [0.4, 0.5) is 0 Å². The van der Waals surface area contributed by atoms with Gasteiger partial charge in [0.1, 0.15) is 0 Å². The second-order valence-electron chi connectivity index (χ2n) is 7.25. The number of benzene rings is 1. The minimum absolute atomic E-state index is 0.00812. The second-order valence-corrected chi connectivity index (χ2v) is 8.91. The van der Waals surface area contributed by atoms with E-state index in [1.165, 1.54) is 6.42 Å². The van der Waals surface area contributed by atoms with E-state index in [0.717, 1.165) is 30.5 Å². The minimum Gasteiger partial charge on any atom is -0.200 e. The van der Waals surface area contributed by atoms with Crippen LogP contribution in [0.5, 0.6) is 0 Å². The summed E-state index contributed by atoms with van der Waals surface area (Å²) in [4.78, 5) is 2.64. The molecule has 4 nitrogen and oxygen atoms in total. The fourth-order valence-electron chi connectivity index (χ4n) is 2.67. The summed E-state index contributed by atoms with van der Waals surface area (Å²) in [7, 11) is -3.58. The smallest absolute Gasteiger partial charge is 0.200 e. The highest BCUT2D eigenvalue weighted by molar-refractivity contribution is 7.89. The number of rotatable bonds is 3. The zero-order valence-corrected chi connectivity index (χ0v) is 14.7. The van der Waals surface area contributed by atoms with E-state index in [1.807, 2.05) is 12.1 Å². The Morgan fingerprint density at radius 2 is 1.82 bits per heavy atom. The monoisotopic (exact) mass is 322 g/mol. The molecule has 0 saturated heterocycles. The topological polar surface area (TPSA) is 58.5 Å². The molecular formula is C17H26N2O2S. The summed E-state index contributed by atoms with van der Waals surface area (Å²) in [5.74, 6) is 0.586. The zero-order chi connectivity index (χ0) is 16.4. The van der Waals surface area contributed by atoms with Crippen LogP contribution in [0.15, 0.2) is 34.3 Å². The summed E-state index contributed by atoms with van der Waals surface area (Å²) in [6, 6.07) is 7.02. The van der Waals surface area contributed by atoms with Gasteiger partial charge in [0.2, 0.25) is 0 Å². The molecule has 1 aromatic rings. The Kier molecular flexibility index (Phi) is 4.95. The molecule has 1 aromatic carbocycles. The van der Waals surface area contributed by atoms with Crippen molar-refractivity contribution in [2.24, 2.45) is 11.0 Å². The number of nitrogens with one attached hydrogen (secondary N) is 1. The van der Waals surface area contributed by atoms with Crippen LogP contribution in [0.1, 0.15) is 58.9 Å². The van der Waals surface area contributed by atoms with Gasteiger partial charge in [-0.05, 0) is 54.7 Å². The van der Waals surface area contributed by atoms with Crippen LogP contribution in [-0.2, 0) is 15.4 Å². The maximum Gasteiger partial charge on any atom is 0.276 e. The SMILES string of the molecule is CC1CCC/C(=N/NS(=O)(=O)c2ccc(C(C)(C)C)cc2)C1. The van der Waals surface area contributed by atoms with Crippen LogP contribution < -0.4 is 4.83 Å². The predicted molar refractivity (Wildman–Crippen MR) is 90.5 cm³/mol. The van der Waals surface area contributed by atoms with Gasteiger partial charge in [0.15, 0.2) is 0 Å². The van der Waals surface area contributed by atoms with Crippen molar-refractivity contribution in [3.8, 4) is 0 Å². The van der Waals surface area contributed by atoms with E-state index in [-0.39, 0.29) is 10.3 Å². The van der Waals surface area contributed by atoms with Crippen molar-refractivity contribution in [2.75, 3.05) is 0 Å². The first-order chi connectivity index (χ1) is 10.2. The molecule has 0 spiro atoms. The second kappa shape index (κ2) is 6.41. The molecule has 0 amide bonds.